The molecule has 0 spiro atoms. The summed E-state index contributed by atoms with van der Waals surface area (Å²) in [4.78, 5) is 8.31. The number of hydrogen-bond acceptors (Lipinski definition) is 5. The Morgan fingerprint density at radius 2 is 2.14 bits per heavy atom. The molecule has 1 aliphatic rings. The fourth-order valence-electron chi connectivity index (χ4n) is 3.35. The van der Waals surface area contributed by atoms with Crippen molar-refractivity contribution >= 4 is 46.3 Å². The largest absolute Gasteiger partial charge is 0.302 e. The Kier molecular flexibility index (Phi) is 5.96. The predicted molar refractivity (Wildman–Crippen MR) is 118 cm³/mol. The zero-order valence-electron chi connectivity index (χ0n) is 15.2. The van der Waals surface area contributed by atoms with Crippen molar-refractivity contribution < 1.29 is 0 Å². The van der Waals surface area contributed by atoms with E-state index in [1.807, 2.05) is 18.2 Å². The molecular formula is C21H17Cl2N3S2. The van der Waals surface area contributed by atoms with Gasteiger partial charge in [0.15, 0.2) is 0 Å². The Bertz CT molecular complexity index is 1060. The van der Waals surface area contributed by atoms with E-state index in [1.54, 1.807) is 29.2 Å². The number of aromatic nitrogens is 1. The number of nitrogens with zero attached hydrogens (tertiary/aromatic N) is 3. The van der Waals surface area contributed by atoms with Gasteiger partial charge in [-0.2, -0.15) is 5.26 Å². The fraction of sp³-hybridized carbons (Fsp3) is 0.238. The molecule has 0 amide bonds. The van der Waals surface area contributed by atoms with Crippen LogP contribution in [0.25, 0.3) is 10.4 Å². The van der Waals surface area contributed by atoms with Crippen LogP contribution in [-0.2, 0) is 18.7 Å². The second kappa shape index (κ2) is 8.44. The summed E-state index contributed by atoms with van der Waals surface area (Å²) in [6.45, 7) is 1.80. The molecule has 1 aromatic carbocycles. The fourth-order valence-corrected chi connectivity index (χ4v) is 5.43. The van der Waals surface area contributed by atoms with Crippen LogP contribution in [0.2, 0.25) is 10.0 Å². The van der Waals surface area contributed by atoms with Gasteiger partial charge in [-0.15, -0.1) is 23.1 Å². The standard InChI is InChI=1S/C21H17Cl2N3S2/c1-26-7-6-18-15(11-26)20(19-3-2-8-27-19)14(10-24)21(25-18)28-12-13-4-5-16(22)17(23)9-13/h2-5,8-9H,6-7,11-12H2,1H3. The third-order valence-electron chi connectivity index (χ3n) is 4.75. The monoisotopic (exact) mass is 445 g/mol. The SMILES string of the molecule is CN1CCc2nc(SCc3ccc(Cl)c(Cl)c3)c(C#N)c(-c3cccs3)c2C1. The summed E-state index contributed by atoms with van der Waals surface area (Å²) >= 11 is 15.4. The highest BCUT2D eigenvalue weighted by atomic mass is 35.5. The molecule has 2 aromatic heterocycles. The van der Waals surface area contributed by atoms with Crippen molar-refractivity contribution in [2.75, 3.05) is 13.6 Å². The van der Waals surface area contributed by atoms with Gasteiger partial charge in [0, 0.05) is 41.4 Å². The number of halogens is 2. The third kappa shape index (κ3) is 3.94. The highest BCUT2D eigenvalue weighted by Gasteiger charge is 2.25. The van der Waals surface area contributed by atoms with Crippen LogP contribution in [0.1, 0.15) is 22.4 Å². The van der Waals surface area contributed by atoms with E-state index in [4.69, 9.17) is 28.2 Å². The average Bonchev–Trinajstić information content (AvgIpc) is 3.22. The zero-order chi connectivity index (χ0) is 19.7. The van der Waals surface area contributed by atoms with Crippen molar-refractivity contribution in [3.05, 3.63) is 68.1 Å². The lowest BCUT2D eigenvalue weighted by Crippen LogP contribution is -2.28. The van der Waals surface area contributed by atoms with Crippen molar-refractivity contribution in [1.82, 2.24) is 9.88 Å². The first-order chi connectivity index (χ1) is 13.6. The van der Waals surface area contributed by atoms with Gasteiger partial charge in [0.1, 0.15) is 11.1 Å². The summed E-state index contributed by atoms with van der Waals surface area (Å²) in [7, 11) is 2.11. The first kappa shape index (κ1) is 19.8. The Morgan fingerprint density at radius 3 is 2.86 bits per heavy atom. The van der Waals surface area contributed by atoms with Crippen molar-refractivity contribution in [3.8, 4) is 16.5 Å². The normalized spacial score (nSPS) is 13.9. The summed E-state index contributed by atoms with van der Waals surface area (Å²) in [5, 5.41) is 13.9. The number of fused-ring (bicyclic) bond motifs is 1. The maximum absolute atomic E-state index is 9.99. The summed E-state index contributed by atoms with van der Waals surface area (Å²) in [5.41, 5.74) is 5.07. The molecule has 1 aliphatic heterocycles. The molecule has 0 bridgehead atoms. The van der Waals surface area contributed by atoms with E-state index < -0.39 is 0 Å². The molecule has 7 heteroatoms. The number of benzene rings is 1. The molecule has 0 saturated carbocycles. The zero-order valence-corrected chi connectivity index (χ0v) is 18.4. The van der Waals surface area contributed by atoms with Gasteiger partial charge < -0.3 is 4.90 Å². The van der Waals surface area contributed by atoms with Gasteiger partial charge in [-0.25, -0.2) is 4.98 Å². The Balaban J connectivity index is 1.76. The predicted octanol–water partition coefficient (Wildman–Crippen LogP) is 6.27. The molecule has 0 aliphatic carbocycles. The van der Waals surface area contributed by atoms with Crippen LogP contribution in [0.3, 0.4) is 0 Å². The highest BCUT2D eigenvalue weighted by Crippen LogP contribution is 2.39. The first-order valence-corrected chi connectivity index (χ1v) is 11.4. The summed E-state index contributed by atoms with van der Waals surface area (Å²) in [5.74, 6) is 0.682. The molecule has 0 unspecified atom stereocenters. The molecule has 0 N–H and O–H groups in total. The number of hydrogen-bond donors (Lipinski definition) is 0. The number of thioether (sulfide) groups is 1. The molecular weight excluding hydrogens is 429 g/mol. The van der Waals surface area contributed by atoms with E-state index in [9.17, 15) is 5.26 Å². The summed E-state index contributed by atoms with van der Waals surface area (Å²) in [6.07, 6.45) is 0.899. The van der Waals surface area contributed by atoms with Gasteiger partial charge >= 0.3 is 0 Å². The minimum absolute atomic E-state index is 0.543. The Labute approximate surface area is 182 Å². The molecule has 0 fully saturated rings. The van der Waals surface area contributed by atoms with Crippen LogP contribution in [-0.4, -0.2) is 23.5 Å². The van der Waals surface area contributed by atoms with E-state index in [0.717, 1.165) is 46.2 Å². The van der Waals surface area contributed by atoms with E-state index >= 15 is 0 Å². The van der Waals surface area contributed by atoms with Crippen LogP contribution in [0, 0.1) is 11.3 Å². The maximum Gasteiger partial charge on any atom is 0.115 e. The van der Waals surface area contributed by atoms with E-state index in [0.29, 0.717) is 21.4 Å². The summed E-state index contributed by atoms with van der Waals surface area (Å²) < 4.78 is 0. The van der Waals surface area contributed by atoms with Gasteiger partial charge in [-0.1, -0.05) is 35.3 Å². The molecule has 142 valence electrons. The van der Waals surface area contributed by atoms with Crippen LogP contribution >= 0.6 is 46.3 Å². The minimum Gasteiger partial charge on any atom is -0.302 e. The minimum atomic E-state index is 0.543. The van der Waals surface area contributed by atoms with E-state index in [-0.39, 0.29) is 0 Å². The number of likely N-dealkylation sites (N-methyl/N-ethyl adjacent to an activating group) is 1. The summed E-state index contributed by atoms with van der Waals surface area (Å²) in [6, 6.07) is 12.2. The van der Waals surface area contributed by atoms with Gasteiger partial charge in [0.2, 0.25) is 0 Å². The van der Waals surface area contributed by atoms with E-state index in [1.165, 1.54) is 5.56 Å². The first-order valence-electron chi connectivity index (χ1n) is 8.82. The number of rotatable bonds is 4. The lowest BCUT2D eigenvalue weighted by atomic mass is 9.96. The molecule has 28 heavy (non-hydrogen) atoms. The molecule has 3 aromatic rings. The third-order valence-corrected chi connectivity index (χ3v) is 7.42. The van der Waals surface area contributed by atoms with Gasteiger partial charge in [-0.05, 0) is 41.8 Å². The quantitative estimate of drug-likeness (QED) is 0.443. The van der Waals surface area contributed by atoms with Crippen molar-refractivity contribution in [2.24, 2.45) is 0 Å². The van der Waals surface area contributed by atoms with Crippen LogP contribution in [0.5, 0.6) is 0 Å². The van der Waals surface area contributed by atoms with E-state index in [2.05, 4.69) is 29.5 Å². The van der Waals surface area contributed by atoms with Crippen molar-refractivity contribution in [3.63, 3.8) is 0 Å². The van der Waals surface area contributed by atoms with Crippen LogP contribution in [0.15, 0.2) is 40.7 Å². The van der Waals surface area contributed by atoms with Crippen molar-refractivity contribution in [2.45, 2.75) is 23.7 Å². The number of pyridine rings is 1. The number of thiophene rings is 1. The molecule has 4 rings (SSSR count). The van der Waals surface area contributed by atoms with Gasteiger partial charge in [0.05, 0.1) is 15.6 Å². The maximum atomic E-state index is 9.99. The topological polar surface area (TPSA) is 39.9 Å². The lowest BCUT2D eigenvalue weighted by molar-refractivity contribution is 0.310. The lowest BCUT2D eigenvalue weighted by Gasteiger charge is -2.27. The molecule has 3 heterocycles. The van der Waals surface area contributed by atoms with Gasteiger partial charge in [-0.3, -0.25) is 0 Å². The second-order valence-corrected chi connectivity index (χ2v) is 9.43. The second-order valence-electron chi connectivity index (χ2n) is 6.71. The molecule has 0 saturated heterocycles. The highest BCUT2D eigenvalue weighted by molar-refractivity contribution is 7.98. The average molecular weight is 446 g/mol. The molecule has 0 atom stereocenters. The molecule has 3 nitrogen and oxygen atoms in total. The van der Waals surface area contributed by atoms with Crippen molar-refractivity contribution in [1.29, 1.82) is 5.26 Å². The molecule has 0 radical (unpaired) electrons. The number of nitriles is 1. The smallest absolute Gasteiger partial charge is 0.115 e. The van der Waals surface area contributed by atoms with Gasteiger partial charge in [0.25, 0.3) is 0 Å². The Hall–Kier alpha value is -1.55. The van der Waals surface area contributed by atoms with Crippen LogP contribution in [0.4, 0.5) is 0 Å². The Morgan fingerprint density at radius 1 is 1.29 bits per heavy atom. The van der Waals surface area contributed by atoms with Crippen LogP contribution < -0.4 is 0 Å².